The molecule has 0 atom stereocenters. The minimum Gasteiger partial charge on any atom is -0.457 e. The number of nitrogens with zero attached hydrogens (tertiary/aromatic N) is 1. The number of anilines is 2. The zero-order chi connectivity index (χ0) is 30.2. The monoisotopic (exact) mass is 588 g/mol. The highest BCUT2D eigenvalue weighted by Crippen LogP contribution is 2.62. The predicted octanol–water partition coefficient (Wildman–Crippen LogP) is 11.0. The molecule has 1 spiro atoms. The van der Waals surface area contributed by atoms with Gasteiger partial charge in [0, 0.05) is 39.0 Å². The van der Waals surface area contributed by atoms with Crippen LogP contribution >= 0.6 is 0 Å². The van der Waals surface area contributed by atoms with E-state index in [1.54, 1.807) is 0 Å². The molecule has 0 bridgehead atoms. The van der Waals surface area contributed by atoms with Gasteiger partial charge >= 0.3 is 0 Å². The number of nitrogens with one attached hydrogen (secondary N) is 1. The van der Waals surface area contributed by atoms with E-state index in [2.05, 4.69) is 174 Å². The Balaban J connectivity index is 1.18. The maximum Gasteiger partial charge on any atom is 0.132 e. The topological polar surface area (TPSA) is 26.2 Å². The van der Waals surface area contributed by atoms with Gasteiger partial charge in [-0.25, -0.2) is 0 Å². The van der Waals surface area contributed by atoms with Gasteiger partial charge in [0.05, 0.1) is 16.4 Å². The maximum absolute atomic E-state index is 6.49. The van der Waals surface area contributed by atoms with Crippen molar-refractivity contribution in [2.45, 2.75) is 5.41 Å². The Kier molecular flexibility index (Phi) is 5.20. The molecule has 0 saturated heterocycles. The lowest BCUT2D eigenvalue weighted by molar-refractivity contribution is 0.436. The van der Waals surface area contributed by atoms with E-state index in [4.69, 9.17) is 4.74 Å². The number of hydrogen-bond acceptors (Lipinski definition) is 2. The highest BCUT2D eigenvalue weighted by atomic mass is 16.5. The van der Waals surface area contributed by atoms with E-state index in [-0.39, 0.29) is 0 Å². The summed E-state index contributed by atoms with van der Waals surface area (Å²) in [6.07, 6.45) is 0. The van der Waals surface area contributed by atoms with Crippen molar-refractivity contribution < 1.29 is 4.74 Å². The van der Waals surface area contributed by atoms with Gasteiger partial charge in [-0.15, -0.1) is 0 Å². The number of benzene rings is 7. The molecule has 0 unspecified atom stereocenters. The first-order chi connectivity index (χ1) is 22.8. The third kappa shape index (κ3) is 3.32. The maximum atomic E-state index is 6.49. The molecule has 1 aromatic heterocycles. The van der Waals surface area contributed by atoms with Crippen molar-refractivity contribution in [1.82, 2.24) is 4.57 Å². The molecule has 1 aliphatic carbocycles. The van der Waals surface area contributed by atoms with Crippen molar-refractivity contribution >= 4 is 33.2 Å². The molecular formula is C43H28N2O. The summed E-state index contributed by atoms with van der Waals surface area (Å²) in [6, 6.07) is 58.6. The minimum atomic E-state index is -0.459. The molecule has 0 fully saturated rings. The van der Waals surface area contributed by atoms with E-state index in [0.29, 0.717) is 0 Å². The van der Waals surface area contributed by atoms with Crippen molar-refractivity contribution in [3.63, 3.8) is 0 Å². The Morgan fingerprint density at radius 1 is 0.478 bits per heavy atom. The standard InChI is InChI=1S/C43H28N2O/c1-2-13-29(14-3-1)45-38-21-9-5-16-31(38)42-37(20-12-22-39(42)45)44-28-25-26-34-32(27-28)30-15-4-6-17-33(30)43(34)35-18-7-10-23-40(35)46-41-24-11-8-19-36(41)43/h1-27,44H. The van der Waals surface area contributed by atoms with E-state index in [1.807, 2.05) is 0 Å². The van der Waals surface area contributed by atoms with Crippen LogP contribution < -0.4 is 10.1 Å². The van der Waals surface area contributed by atoms with Crippen molar-refractivity contribution in [1.29, 1.82) is 0 Å². The Hall–Kier alpha value is -6.06. The fourth-order valence-electron chi connectivity index (χ4n) is 8.07. The molecule has 3 heteroatoms. The van der Waals surface area contributed by atoms with Gasteiger partial charge in [0.25, 0.3) is 0 Å². The van der Waals surface area contributed by atoms with Crippen LogP contribution in [0, 0.1) is 0 Å². The summed E-state index contributed by atoms with van der Waals surface area (Å²) in [6.45, 7) is 0. The van der Waals surface area contributed by atoms with Gasteiger partial charge in [-0.3, -0.25) is 0 Å². The molecule has 2 aliphatic rings. The zero-order valence-corrected chi connectivity index (χ0v) is 24.9. The summed E-state index contributed by atoms with van der Waals surface area (Å²) in [5, 5.41) is 6.30. The molecule has 8 aromatic rings. The number of rotatable bonds is 3. The summed E-state index contributed by atoms with van der Waals surface area (Å²) in [4.78, 5) is 0. The molecule has 0 amide bonds. The second-order valence-electron chi connectivity index (χ2n) is 12.2. The second kappa shape index (κ2) is 9.47. The summed E-state index contributed by atoms with van der Waals surface area (Å²) < 4.78 is 8.85. The molecule has 216 valence electrons. The molecule has 3 nitrogen and oxygen atoms in total. The summed E-state index contributed by atoms with van der Waals surface area (Å²) in [5.41, 5.74) is 12.6. The van der Waals surface area contributed by atoms with Crippen LogP contribution in [0.15, 0.2) is 164 Å². The molecule has 10 rings (SSSR count). The Morgan fingerprint density at radius 3 is 1.91 bits per heavy atom. The summed E-state index contributed by atoms with van der Waals surface area (Å²) >= 11 is 0. The molecule has 46 heavy (non-hydrogen) atoms. The predicted molar refractivity (Wildman–Crippen MR) is 188 cm³/mol. The number of fused-ring (bicyclic) bond motifs is 12. The van der Waals surface area contributed by atoms with Crippen molar-refractivity contribution in [3.8, 4) is 28.3 Å². The molecule has 1 N–H and O–H groups in total. The largest absolute Gasteiger partial charge is 0.457 e. The highest BCUT2D eigenvalue weighted by molar-refractivity contribution is 6.15. The van der Waals surface area contributed by atoms with E-state index in [1.165, 1.54) is 55.2 Å². The van der Waals surface area contributed by atoms with Gasteiger partial charge in [-0.2, -0.15) is 0 Å². The SMILES string of the molecule is c1ccc(-n2c3ccccc3c3c(Nc4ccc5c(c4)-c4ccccc4C54c5ccccc5Oc5ccccc54)cccc32)cc1. The fraction of sp³-hybridized carbons (Fsp3) is 0.0233. The molecule has 7 aromatic carbocycles. The van der Waals surface area contributed by atoms with Crippen molar-refractivity contribution in [3.05, 3.63) is 186 Å². The molecular weight excluding hydrogens is 560 g/mol. The van der Waals surface area contributed by atoms with Crippen LogP contribution in [0.2, 0.25) is 0 Å². The normalized spacial score (nSPS) is 13.6. The number of hydrogen-bond donors (Lipinski definition) is 1. The van der Waals surface area contributed by atoms with Gasteiger partial charge in [0.2, 0.25) is 0 Å². The summed E-state index contributed by atoms with van der Waals surface area (Å²) in [7, 11) is 0. The number of para-hydroxylation sites is 4. The van der Waals surface area contributed by atoms with Crippen LogP contribution in [0.25, 0.3) is 38.6 Å². The van der Waals surface area contributed by atoms with Gasteiger partial charge in [0.15, 0.2) is 0 Å². The van der Waals surface area contributed by atoms with Crippen LogP contribution in [0.3, 0.4) is 0 Å². The third-order valence-corrected chi connectivity index (χ3v) is 9.84. The lowest BCUT2D eigenvalue weighted by Gasteiger charge is -2.39. The van der Waals surface area contributed by atoms with E-state index in [9.17, 15) is 0 Å². The first kappa shape index (κ1) is 25.3. The first-order valence-corrected chi connectivity index (χ1v) is 15.8. The summed E-state index contributed by atoms with van der Waals surface area (Å²) in [5.74, 6) is 1.82. The minimum absolute atomic E-state index is 0.459. The molecule has 0 saturated carbocycles. The highest BCUT2D eigenvalue weighted by Gasteiger charge is 2.50. The van der Waals surface area contributed by atoms with Gasteiger partial charge < -0.3 is 14.6 Å². The van der Waals surface area contributed by atoms with Gasteiger partial charge in [-0.1, -0.05) is 109 Å². The Labute approximate surface area is 267 Å². The van der Waals surface area contributed by atoms with Crippen LogP contribution in [0.5, 0.6) is 11.5 Å². The van der Waals surface area contributed by atoms with Gasteiger partial charge in [-0.05, 0) is 76.9 Å². The van der Waals surface area contributed by atoms with Crippen LogP contribution in [-0.4, -0.2) is 4.57 Å². The van der Waals surface area contributed by atoms with Crippen LogP contribution in [0.4, 0.5) is 11.4 Å². The molecule has 0 radical (unpaired) electrons. The second-order valence-corrected chi connectivity index (χ2v) is 12.2. The number of aromatic nitrogens is 1. The zero-order valence-electron chi connectivity index (χ0n) is 24.9. The molecule has 2 heterocycles. The first-order valence-electron chi connectivity index (χ1n) is 15.8. The third-order valence-electron chi connectivity index (χ3n) is 9.84. The van der Waals surface area contributed by atoms with Crippen molar-refractivity contribution in [2.75, 3.05) is 5.32 Å². The lowest BCUT2D eigenvalue weighted by Crippen LogP contribution is -2.32. The van der Waals surface area contributed by atoms with Crippen LogP contribution in [-0.2, 0) is 5.41 Å². The van der Waals surface area contributed by atoms with E-state index < -0.39 is 5.41 Å². The van der Waals surface area contributed by atoms with Crippen molar-refractivity contribution in [2.24, 2.45) is 0 Å². The quantitative estimate of drug-likeness (QED) is 0.222. The molecule has 1 aliphatic heterocycles. The van der Waals surface area contributed by atoms with E-state index >= 15 is 0 Å². The average molecular weight is 589 g/mol. The van der Waals surface area contributed by atoms with Gasteiger partial charge in [0.1, 0.15) is 11.5 Å². The Bertz CT molecular complexity index is 2440. The van der Waals surface area contributed by atoms with Crippen LogP contribution in [0.1, 0.15) is 22.3 Å². The Morgan fingerprint density at radius 2 is 1.11 bits per heavy atom. The fourth-order valence-corrected chi connectivity index (χ4v) is 8.07. The lowest BCUT2D eigenvalue weighted by atomic mass is 9.66. The smallest absolute Gasteiger partial charge is 0.132 e. The van der Waals surface area contributed by atoms with E-state index in [0.717, 1.165) is 28.6 Å². The number of ether oxygens (including phenoxy) is 1. The average Bonchev–Trinajstić information content (AvgIpc) is 3.60.